The average molecular weight is 295 g/mol. The highest BCUT2D eigenvalue weighted by Crippen LogP contribution is 2.40. The second-order valence-corrected chi connectivity index (χ2v) is 5.38. The maximum absolute atomic E-state index is 12.1. The van der Waals surface area contributed by atoms with Crippen LogP contribution in [0.5, 0.6) is 0 Å². The molecule has 0 spiro atoms. The van der Waals surface area contributed by atoms with Crippen molar-refractivity contribution in [1.29, 1.82) is 0 Å². The van der Waals surface area contributed by atoms with Gasteiger partial charge in [-0.2, -0.15) is 0 Å². The second kappa shape index (κ2) is 4.84. The Morgan fingerprint density at radius 2 is 2.18 bits per heavy atom. The molecule has 110 valence electrons. The molecule has 0 unspecified atom stereocenters. The van der Waals surface area contributed by atoms with Crippen LogP contribution in [-0.4, -0.2) is 15.9 Å². The molecule has 1 amide bonds. The molecule has 1 aliphatic carbocycles. The summed E-state index contributed by atoms with van der Waals surface area (Å²) in [7, 11) is 0. The Bertz CT molecular complexity index is 922. The van der Waals surface area contributed by atoms with E-state index in [0.717, 1.165) is 18.7 Å². The fourth-order valence-corrected chi connectivity index (χ4v) is 2.33. The minimum atomic E-state index is -0.452. The molecule has 6 nitrogen and oxygen atoms in total. The predicted octanol–water partition coefficient (Wildman–Crippen LogP) is 2.65. The molecule has 2 heterocycles. The molecule has 0 aliphatic heterocycles. The van der Waals surface area contributed by atoms with Crippen LogP contribution in [0.2, 0.25) is 0 Å². The number of benzene rings is 1. The van der Waals surface area contributed by atoms with Gasteiger partial charge >= 0.3 is 0 Å². The van der Waals surface area contributed by atoms with Crippen molar-refractivity contribution in [2.75, 3.05) is 5.32 Å². The first-order valence-electron chi connectivity index (χ1n) is 7.10. The largest absolute Gasteiger partial charge is 0.440 e. The summed E-state index contributed by atoms with van der Waals surface area (Å²) in [5.41, 5.74) is 1.65. The van der Waals surface area contributed by atoms with Crippen molar-refractivity contribution in [3.8, 4) is 0 Å². The summed E-state index contributed by atoms with van der Waals surface area (Å²) in [5, 5.41) is 2.70. The van der Waals surface area contributed by atoms with E-state index in [4.69, 9.17) is 4.42 Å². The van der Waals surface area contributed by atoms with E-state index >= 15 is 0 Å². The lowest BCUT2D eigenvalue weighted by Crippen LogP contribution is -2.22. The van der Waals surface area contributed by atoms with E-state index in [2.05, 4.69) is 15.3 Å². The Balaban J connectivity index is 1.62. The number of hydrogen-bond donors (Lipinski definition) is 2. The third kappa shape index (κ3) is 2.28. The molecule has 6 heteroatoms. The third-order valence-electron chi connectivity index (χ3n) is 3.65. The van der Waals surface area contributed by atoms with Gasteiger partial charge in [0.05, 0.1) is 0 Å². The lowest BCUT2D eigenvalue weighted by Gasteiger charge is -2.03. The Morgan fingerprint density at radius 3 is 2.95 bits per heavy atom. The van der Waals surface area contributed by atoms with Crippen molar-refractivity contribution < 1.29 is 9.21 Å². The number of oxazole rings is 1. The number of anilines is 1. The summed E-state index contributed by atoms with van der Waals surface area (Å²) in [6, 6.07) is 8.35. The van der Waals surface area contributed by atoms with Gasteiger partial charge in [0.15, 0.2) is 11.5 Å². The van der Waals surface area contributed by atoms with Gasteiger partial charge in [-0.1, -0.05) is 0 Å². The highest BCUT2D eigenvalue weighted by Gasteiger charge is 2.28. The topological polar surface area (TPSA) is 88.0 Å². The Kier molecular flexibility index (Phi) is 2.82. The molecule has 0 bridgehead atoms. The summed E-state index contributed by atoms with van der Waals surface area (Å²) in [4.78, 5) is 30.6. The standard InChI is InChI=1S/C16H13N3O3/c20-14-11(2-1-7-17-14)15(21)18-10-5-6-13-12(8-10)19-16(22-13)9-3-4-9/h1-2,5-9H,3-4H2,(H,17,20)(H,18,21). The molecule has 1 fully saturated rings. The number of nitrogens with zero attached hydrogens (tertiary/aromatic N) is 1. The number of H-pyrrole nitrogens is 1. The number of aromatic nitrogens is 2. The van der Waals surface area contributed by atoms with Gasteiger partial charge in [0, 0.05) is 17.8 Å². The number of pyridine rings is 1. The van der Waals surface area contributed by atoms with E-state index in [9.17, 15) is 9.59 Å². The zero-order chi connectivity index (χ0) is 15.1. The highest BCUT2D eigenvalue weighted by atomic mass is 16.3. The zero-order valence-corrected chi connectivity index (χ0v) is 11.6. The van der Waals surface area contributed by atoms with E-state index < -0.39 is 11.5 Å². The van der Waals surface area contributed by atoms with Crippen LogP contribution in [0.4, 0.5) is 5.69 Å². The number of fused-ring (bicyclic) bond motifs is 1. The molecular formula is C16H13N3O3. The number of carbonyl (C=O) groups excluding carboxylic acids is 1. The van der Waals surface area contributed by atoms with E-state index in [1.54, 1.807) is 24.3 Å². The summed E-state index contributed by atoms with van der Waals surface area (Å²) < 4.78 is 5.68. The molecule has 22 heavy (non-hydrogen) atoms. The maximum atomic E-state index is 12.1. The molecular weight excluding hydrogens is 282 g/mol. The monoisotopic (exact) mass is 295 g/mol. The third-order valence-corrected chi connectivity index (χ3v) is 3.65. The molecule has 1 aliphatic rings. The van der Waals surface area contributed by atoms with Gasteiger partial charge in [-0.15, -0.1) is 0 Å². The van der Waals surface area contributed by atoms with Crippen molar-refractivity contribution in [3.63, 3.8) is 0 Å². The normalized spacial score (nSPS) is 14.2. The first-order valence-corrected chi connectivity index (χ1v) is 7.10. The van der Waals surface area contributed by atoms with Gasteiger partial charge in [0.2, 0.25) is 0 Å². The van der Waals surface area contributed by atoms with Crippen molar-refractivity contribution in [1.82, 2.24) is 9.97 Å². The van der Waals surface area contributed by atoms with Crippen LogP contribution in [0.1, 0.15) is 35.0 Å². The summed E-state index contributed by atoms with van der Waals surface area (Å²) in [6.45, 7) is 0. The SMILES string of the molecule is O=C(Nc1ccc2oc(C3CC3)nc2c1)c1ccc[nH]c1=O. The number of hydrogen-bond acceptors (Lipinski definition) is 4. The van der Waals surface area contributed by atoms with Crippen LogP contribution in [-0.2, 0) is 0 Å². The Hall–Kier alpha value is -2.89. The zero-order valence-electron chi connectivity index (χ0n) is 11.6. The van der Waals surface area contributed by atoms with Gasteiger partial charge < -0.3 is 14.7 Å². The van der Waals surface area contributed by atoms with E-state index in [1.807, 2.05) is 0 Å². The van der Waals surface area contributed by atoms with Gasteiger partial charge in [-0.25, -0.2) is 4.98 Å². The molecule has 0 atom stereocenters. The van der Waals surface area contributed by atoms with Gasteiger partial charge in [0.25, 0.3) is 11.5 Å². The number of nitrogens with one attached hydrogen (secondary N) is 2. The Morgan fingerprint density at radius 1 is 1.32 bits per heavy atom. The summed E-state index contributed by atoms with van der Waals surface area (Å²) >= 11 is 0. The molecule has 2 aromatic heterocycles. The van der Waals surface area contributed by atoms with E-state index in [0.29, 0.717) is 22.7 Å². The first-order chi connectivity index (χ1) is 10.7. The van der Waals surface area contributed by atoms with Crippen molar-refractivity contribution >= 4 is 22.7 Å². The molecule has 4 rings (SSSR count). The number of aromatic amines is 1. The Labute approximate surface area is 125 Å². The van der Waals surface area contributed by atoms with Gasteiger partial charge in [-0.05, 0) is 43.2 Å². The predicted molar refractivity (Wildman–Crippen MR) is 81.0 cm³/mol. The van der Waals surface area contributed by atoms with Crippen LogP contribution in [0.3, 0.4) is 0 Å². The van der Waals surface area contributed by atoms with E-state index in [-0.39, 0.29) is 5.56 Å². The van der Waals surface area contributed by atoms with Crippen LogP contribution in [0.15, 0.2) is 45.7 Å². The molecule has 0 radical (unpaired) electrons. The fraction of sp³-hybridized carbons (Fsp3) is 0.188. The van der Waals surface area contributed by atoms with Crippen molar-refractivity contribution in [3.05, 3.63) is 58.3 Å². The van der Waals surface area contributed by atoms with Crippen LogP contribution in [0.25, 0.3) is 11.1 Å². The smallest absolute Gasteiger partial charge is 0.261 e. The van der Waals surface area contributed by atoms with Crippen molar-refractivity contribution in [2.24, 2.45) is 0 Å². The van der Waals surface area contributed by atoms with Crippen LogP contribution < -0.4 is 10.9 Å². The molecule has 1 saturated carbocycles. The minimum Gasteiger partial charge on any atom is -0.440 e. The van der Waals surface area contributed by atoms with Crippen LogP contribution in [0, 0.1) is 0 Å². The number of rotatable bonds is 3. The number of amides is 1. The molecule has 2 N–H and O–H groups in total. The highest BCUT2D eigenvalue weighted by molar-refractivity contribution is 6.04. The van der Waals surface area contributed by atoms with Gasteiger partial charge in [0.1, 0.15) is 11.1 Å². The average Bonchev–Trinajstić information content (AvgIpc) is 3.27. The minimum absolute atomic E-state index is 0.0708. The van der Waals surface area contributed by atoms with Crippen molar-refractivity contribution in [2.45, 2.75) is 18.8 Å². The molecule has 0 saturated heterocycles. The van der Waals surface area contributed by atoms with Crippen LogP contribution >= 0.6 is 0 Å². The molecule has 3 aromatic rings. The maximum Gasteiger partial charge on any atom is 0.261 e. The van der Waals surface area contributed by atoms with Gasteiger partial charge in [-0.3, -0.25) is 9.59 Å². The quantitative estimate of drug-likeness (QED) is 0.777. The summed E-state index contributed by atoms with van der Waals surface area (Å²) in [6.07, 6.45) is 3.72. The first kappa shape index (κ1) is 12.8. The van der Waals surface area contributed by atoms with E-state index in [1.165, 1.54) is 12.3 Å². The second-order valence-electron chi connectivity index (χ2n) is 5.38. The fourth-order valence-electron chi connectivity index (χ4n) is 2.33. The molecule has 1 aromatic carbocycles. The summed E-state index contributed by atoms with van der Waals surface area (Å²) in [5.74, 6) is 0.749. The lowest BCUT2D eigenvalue weighted by atomic mass is 10.2. The number of carbonyl (C=O) groups is 1. The lowest BCUT2D eigenvalue weighted by molar-refractivity contribution is 0.102.